The molecule has 5 rings (SSSR count). The van der Waals surface area contributed by atoms with Crippen molar-refractivity contribution >= 4 is 44.3 Å². The van der Waals surface area contributed by atoms with Crippen LogP contribution in [0.1, 0.15) is 27.1 Å². The van der Waals surface area contributed by atoms with Gasteiger partial charge in [0.15, 0.2) is 0 Å². The van der Waals surface area contributed by atoms with Gasteiger partial charge < -0.3 is 15.6 Å². The fraction of sp³-hybridized carbons (Fsp3) is 0.222. The summed E-state index contributed by atoms with van der Waals surface area (Å²) in [4.78, 5) is 41.4. The van der Waals surface area contributed by atoms with E-state index in [-0.39, 0.29) is 24.6 Å². The van der Waals surface area contributed by atoms with Gasteiger partial charge in [-0.15, -0.1) is 0 Å². The van der Waals surface area contributed by atoms with Gasteiger partial charge in [0.2, 0.25) is 10.0 Å². The average Bonchev–Trinajstić information content (AvgIpc) is 3.29. The molecule has 0 bridgehead atoms. The van der Waals surface area contributed by atoms with E-state index in [1.807, 2.05) is 0 Å². The number of sulfonamides is 1. The molecule has 0 spiro atoms. The predicted octanol–water partition coefficient (Wildman–Crippen LogP) is 2.53. The number of piperidine rings is 1. The van der Waals surface area contributed by atoms with E-state index in [4.69, 9.17) is 11.6 Å². The molecule has 2 unspecified atom stereocenters. The minimum absolute atomic E-state index is 0.0158. The lowest BCUT2D eigenvalue weighted by Crippen LogP contribution is -2.61. The van der Waals surface area contributed by atoms with Crippen LogP contribution in [0.5, 0.6) is 0 Å². The first-order valence-corrected chi connectivity index (χ1v) is 14.4. The van der Waals surface area contributed by atoms with Gasteiger partial charge in [-0.1, -0.05) is 23.7 Å². The molecule has 3 heterocycles. The summed E-state index contributed by atoms with van der Waals surface area (Å²) in [6.45, 7) is 0.223. The van der Waals surface area contributed by atoms with E-state index in [1.165, 1.54) is 14.9 Å². The molecule has 1 aliphatic heterocycles. The number of aromatic nitrogens is 2. The highest BCUT2D eigenvalue weighted by atomic mass is 35.5. The number of pyridine rings is 1. The summed E-state index contributed by atoms with van der Waals surface area (Å²) in [6, 6.07) is 15.3. The third kappa shape index (κ3) is 5.75. The van der Waals surface area contributed by atoms with Crippen LogP contribution in [0.4, 0.5) is 0 Å². The zero-order valence-electron chi connectivity index (χ0n) is 20.9. The van der Waals surface area contributed by atoms with Gasteiger partial charge in [-0.05, 0) is 48.9 Å². The summed E-state index contributed by atoms with van der Waals surface area (Å²) in [5, 5.41) is 7.18. The maximum absolute atomic E-state index is 13.2. The molecule has 10 nitrogen and oxygen atoms in total. The third-order valence-corrected chi connectivity index (χ3v) is 8.38. The molecular formula is C27H26ClN5O5S. The second-order valence-corrected chi connectivity index (χ2v) is 11.8. The summed E-state index contributed by atoms with van der Waals surface area (Å²) < 4.78 is 27.2. The molecule has 2 amide bonds. The van der Waals surface area contributed by atoms with Crippen molar-refractivity contribution in [3.05, 3.63) is 99.6 Å². The van der Waals surface area contributed by atoms with E-state index in [0.717, 1.165) is 11.6 Å². The number of carbonyl (C=O) groups is 2. The maximum atomic E-state index is 13.2. The number of benzene rings is 2. The molecule has 39 heavy (non-hydrogen) atoms. The predicted molar refractivity (Wildman–Crippen MR) is 149 cm³/mol. The number of fused-ring (bicyclic) bond motifs is 1. The van der Waals surface area contributed by atoms with Gasteiger partial charge in [-0.25, -0.2) is 8.42 Å². The van der Waals surface area contributed by atoms with E-state index in [2.05, 4.69) is 15.6 Å². The van der Waals surface area contributed by atoms with Gasteiger partial charge in [0, 0.05) is 59.3 Å². The molecule has 2 aromatic heterocycles. The van der Waals surface area contributed by atoms with Gasteiger partial charge in [0.25, 0.3) is 17.4 Å². The lowest BCUT2D eigenvalue weighted by atomic mass is 9.99. The molecule has 4 aromatic rings. The smallest absolute Gasteiger partial charge is 0.255 e. The lowest BCUT2D eigenvalue weighted by molar-refractivity contribution is 0.0849. The Labute approximate surface area is 229 Å². The summed E-state index contributed by atoms with van der Waals surface area (Å²) in [7, 11) is -3.50. The Balaban J connectivity index is 1.34. The van der Waals surface area contributed by atoms with E-state index < -0.39 is 28.0 Å². The minimum Gasteiger partial charge on any atom is -0.360 e. The molecule has 0 radical (unpaired) electrons. The van der Waals surface area contributed by atoms with Crippen molar-refractivity contribution in [1.82, 2.24) is 24.5 Å². The van der Waals surface area contributed by atoms with E-state index in [0.29, 0.717) is 33.8 Å². The van der Waals surface area contributed by atoms with Gasteiger partial charge in [0.1, 0.15) is 0 Å². The summed E-state index contributed by atoms with van der Waals surface area (Å²) in [6.07, 6.45) is 4.71. The third-order valence-electron chi connectivity index (χ3n) is 6.80. The van der Waals surface area contributed by atoms with Gasteiger partial charge in [-0.2, -0.15) is 4.31 Å². The first-order valence-electron chi connectivity index (χ1n) is 12.2. The van der Waals surface area contributed by atoms with E-state index in [9.17, 15) is 22.8 Å². The molecule has 3 N–H and O–H groups in total. The number of nitrogens with zero attached hydrogens (tertiary/aromatic N) is 2. The molecule has 202 valence electrons. The van der Waals surface area contributed by atoms with Crippen LogP contribution in [-0.4, -0.2) is 65.5 Å². The monoisotopic (exact) mass is 567 g/mol. The van der Waals surface area contributed by atoms with Gasteiger partial charge in [0.05, 0.1) is 23.4 Å². The zero-order chi connectivity index (χ0) is 27.7. The van der Waals surface area contributed by atoms with Crippen LogP contribution in [0.3, 0.4) is 0 Å². The topological polar surface area (TPSA) is 133 Å². The van der Waals surface area contributed by atoms with Crippen molar-refractivity contribution in [2.24, 2.45) is 0 Å². The quantitative estimate of drug-likeness (QED) is 0.329. The first-order chi connectivity index (χ1) is 18.6. The zero-order valence-corrected chi connectivity index (χ0v) is 22.5. The van der Waals surface area contributed by atoms with Crippen LogP contribution >= 0.6 is 11.6 Å². The number of rotatable bonds is 6. The number of nitrogens with one attached hydrogen (secondary N) is 3. The van der Waals surface area contributed by atoms with Crippen molar-refractivity contribution in [2.75, 3.05) is 19.3 Å². The Bertz CT molecular complexity index is 1710. The van der Waals surface area contributed by atoms with Crippen molar-refractivity contribution < 1.29 is 18.0 Å². The highest BCUT2D eigenvalue weighted by molar-refractivity contribution is 7.88. The number of halogens is 1. The molecule has 2 aromatic carbocycles. The van der Waals surface area contributed by atoms with Crippen LogP contribution in [0.2, 0.25) is 5.02 Å². The van der Waals surface area contributed by atoms with Crippen LogP contribution in [0.15, 0.2) is 77.9 Å². The molecule has 1 aliphatic rings. The summed E-state index contributed by atoms with van der Waals surface area (Å²) in [5.74, 6) is -0.777. The Hall–Kier alpha value is -3.93. The Morgan fingerprint density at radius 1 is 0.974 bits per heavy atom. The molecule has 1 saturated heterocycles. The van der Waals surface area contributed by atoms with Crippen molar-refractivity contribution in [2.45, 2.75) is 18.5 Å². The summed E-state index contributed by atoms with van der Waals surface area (Å²) in [5.41, 5.74) is 1.86. The number of aromatic amines is 1. The fourth-order valence-electron chi connectivity index (χ4n) is 4.69. The van der Waals surface area contributed by atoms with Crippen molar-refractivity contribution in [3.63, 3.8) is 0 Å². The van der Waals surface area contributed by atoms with Gasteiger partial charge >= 0.3 is 0 Å². The fourth-order valence-corrected chi connectivity index (χ4v) is 5.78. The minimum atomic E-state index is -3.50. The highest BCUT2D eigenvalue weighted by Gasteiger charge is 2.35. The normalized spacial score (nSPS) is 18.1. The number of hydrogen-bond acceptors (Lipinski definition) is 5. The number of amides is 2. The largest absolute Gasteiger partial charge is 0.360 e. The molecule has 0 aliphatic carbocycles. The molecular weight excluding hydrogens is 542 g/mol. The second-order valence-electron chi connectivity index (χ2n) is 9.42. The van der Waals surface area contributed by atoms with Crippen molar-refractivity contribution in [1.29, 1.82) is 0 Å². The molecule has 0 saturated carbocycles. The first kappa shape index (κ1) is 26.7. The molecule has 2 atom stereocenters. The molecule has 1 fully saturated rings. The Morgan fingerprint density at radius 3 is 2.38 bits per heavy atom. The number of hydrogen-bond donors (Lipinski definition) is 3. The average molecular weight is 568 g/mol. The Morgan fingerprint density at radius 2 is 1.67 bits per heavy atom. The maximum Gasteiger partial charge on any atom is 0.255 e. The van der Waals surface area contributed by atoms with Crippen LogP contribution in [0, 0.1) is 0 Å². The standard InChI is InChI=1S/C27H26ClN5O5S/c1-39(37,38)32-13-11-22(24(16-32)31-27(36)18-7-10-20-21(28)15-29-23(20)14-18)30-26(35)17-5-8-19(9-6-17)33-12-3-2-4-25(33)34/h2-10,12,14-15,22,24,29H,11,13,16H2,1H3,(H,30,35)(H,31,36). The highest BCUT2D eigenvalue weighted by Crippen LogP contribution is 2.24. The molecule has 12 heteroatoms. The second kappa shape index (κ2) is 10.7. The van der Waals surface area contributed by atoms with Crippen molar-refractivity contribution in [3.8, 4) is 5.69 Å². The number of H-pyrrole nitrogens is 1. The number of carbonyl (C=O) groups excluding carboxylic acids is 2. The van der Waals surface area contributed by atoms with Crippen LogP contribution in [0.25, 0.3) is 16.6 Å². The van der Waals surface area contributed by atoms with Crippen LogP contribution in [-0.2, 0) is 10.0 Å². The van der Waals surface area contributed by atoms with E-state index >= 15 is 0 Å². The van der Waals surface area contributed by atoms with Gasteiger partial charge in [-0.3, -0.25) is 19.0 Å². The summed E-state index contributed by atoms with van der Waals surface area (Å²) >= 11 is 6.13. The lowest BCUT2D eigenvalue weighted by Gasteiger charge is -2.38. The van der Waals surface area contributed by atoms with Crippen LogP contribution < -0.4 is 16.2 Å². The Kier molecular flexibility index (Phi) is 7.30. The SMILES string of the molecule is CS(=O)(=O)N1CCC(NC(=O)c2ccc(-n3ccccc3=O)cc2)C(NC(=O)c2ccc3c(Cl)c[nH]c3c2)C1. The van der Waals surface area contributed by atoms with E-state index in [1.54, 1.807) is 67.0 Å².